The number of benzene rings is 1. The number of nitrogens with zero attached hydrogens (tertiary/aromatic N) is 1. The predicted octanol–water partition coefficient (Wildman–Crippen LogP) is 1.90. The van der Waals surface area contributed by atoms with Gasteiger partial charge in [0.1, 0.15) is 11.5 Å². The molecule has 0 aromatic heterocycles. The van der Waals surface area contributed by atoms with Crippen LogP contribution in [-0.2, 0) is 9.59 Å². The van der Waals surface area contributed by atoms with E-state index in [1.54, 1.807) is 25.2 Å². The van der Waals surface area contributed by atoms with Crippen LogP contribution in [0.3, 0.4) is 0 Å². The van der Waals surface area contributed by atoms with E-state index in [-0.39, 0.29) is 36.7 Å². The van der Waals surface area contributed by atoms with Crippen molar-refractivity contribution in [2.45, 2.75) is 26.3 Å². The lowest BCUT2D eigenvalue weighted by Crippen LogP contribution is -2.47. The van der Waals surface area contributed by atoms with Gasteiger partial charge in [-0.3, -0.25) is 9.59 Å². The smallest absolute Gasteiger partial charge is 0.243 e. The Morgan fingerprint density at radius 1 is 1.20 bits per heavy atom. The third-order valence-corrected chi connectivity index (χ3v) is 3.93. The van der Waals surface area contributed by atoms with Gasteiger partial charge in [-0.15, -0.1) is 12.4 Å². The van der Waals surface area contributed by atoms with Crippen molar-refractivity contribution in [2.75, 3.05) is 33.1 Å². The van der Waals surface area contributed by atoms with Crippen LogP contribution in [0, 0.1) is 5.92 Å². The van der Waals surface area contributed by atoms with Gasteiger partial charge in [0.15, 0.2) is 0 Å². The summed E-state index contributed by atoms with van der Waals surface area (Å²) in [5.74, 6) is 0.617. The molecule has 1 aromatic rings. The zero-order valence-corrected chi connectivity index (χ0v) is 16.2. The monoisotopic (exact) mass is 373 g/mol. The van der Waals surface area contributed by atoms with Gasteiger partial charge in [-0.1, -0.05) is 20.3 Å². The molecule has 2 unspecified atom stereocenters. The van der Waals surface area contributed by atoms with Crippen LogP contribution in [0.15, 0.2) is 18.2 Å². The van der Waals surface area contributed by atoms with Gasteiger partial charge in [0.25, 0.3) is 0 Å². The molecule has 0 bridgehead atoms. The molecule has 25 heavy (non-hydrogen) atoms. The van der Waals surface area contributed by atoms with Crippen molar-refractivity contribution < 1.29 is 19.1 Å². The molecule has 7 nitrogen and oxygen atoms in total. The highest BCUT2D eigenvalue weighted by Gasteiger charge is 2.24. The number of rotatable bonds is 8. The van der Waals surface area contributed by atoms with E-state index in [1.165, 1.54) is 19.1 Å². The van der Waals surface area contributed by atoms with Crippen molar-refractivity contribution in [3.8, 4) is 11.5 Å². The van der Waals surface area contributed by atoms with E-state index in [1.807, 2.05) is 13.8 Å². The highest BCUT2D eigenvalue weighted by Crippen LogP contribution is 2.25. The van der Waals surface area contributed by atoms with Crippen LogP contribution in [0.4, 0.5) is 5.69 Å². The second kappa shape index (κ2) is 10.8. The number of likely N-dealkylation sites (N-methyl/N-ethyl adjacent to an activating group) is 1. The Morgan fingerprint density at radius 3 is 2.16 bits per heavy atom. The molecule has 0 aliphatic heterocycles. The number of carbonyl (C=O) groups is 2. The molecule has 1 rings (SSSR count). The molecule has 0 aliphatic rings. The molecule has 0 radical (unpaired) electrons. The summed E-state index contributed by atoms with van der Waals surface area (Å²) in [6.45, 7) is 3.81. The summed E-state index contributed by atoms with van der Waals surface area (Å²) in [6.07, 6.45) is 0.802. The number of anilines is 1. The van der Waals surface area contributed by atoms with Crippen LogP contribution in [0.5, 0.6) is 11.5 Å². The average Bonchev–Trinajstić information content (AvgIpc) is 2.58. The third kappa shape index (κ3) is 6.80. The van der Waals surface area contributed by atoms with Crippen LogP contribution in [0.1, 0.15) is 20.3 Å². The van der Waals surface area contributed by atoms with Gasteiger partial charge in [0.05, 0.1) is 26.8 Å². The van der Waals surface area contributed by atoms with Crippen molar-refractivity contribution >= 4 is 29.9 Å². The van der Waals surface area contributed by atoms with Crippen LogP contribution < -0.4 is 20.5 Å². The first-order valence-corrected chi connectivity index (χ1v) is 7.85. The second-order valence-electron chi connectivity index (χ2n) is 5.76. The Morgan fingerprint density at radius 2 is 1.72 bits per heavy atom. The van der Waals surface area contributed by atoms with Crippen molar-refractivity contribution in [1.29, 1.82) is 0 Å². The van der Waals surface area contributed by atoms with Gasteiger partial charge in [-0.2, -0.15) is 0 Å². The number of methoxy groups -OCH3 is 2. The lowest BCUT2D eigenvalue weighted by atomic mass is 9.99. The first-order valence-electron chi connectivity index (χ1n) is 7.85. The topological polar surface area (TPSA) is 93.9 Å². The van der Waals surface area contributed by atoms with Gasteiger partial charge < -0.3 is 25.4 Å². The van der Waals surface area contributed by atoms with Crippen molar-refractivity contribution in [3.63, 3.8) is 0 Å². The molecule has 0 heterocycles. The molecular weight excluding hydrogens is 346 g/mol. The summed E-state index contributed by atoms with van der Waals surface area (Å²) in [5, 5.41) is 2.73. The van der Waals surface area contributed by atoms with Crippen LogP contribution >= 0.6 is 12.4 Å². The number of carbonyl (C=O) groups excluding carboxylic acids is 2. The fourth-order valence-electron chi connectivity index (χ4n) is 2.13. The molecule has 2 atom stereocenters. The number of ether oxygens (including phenoxy) is 2. The van der Waals surface area contributed by atoms with Crippen molar-refractivity contribution in [3.05, 3.63) is 18.2 Å². The van der Waals surface area contributed by atoms with E-state index >= 15 is 0 Å². The van der Waals surface area contributed by atoms with E-state index in [0.717, 1.165) is 6.42 Å². The molecule has 0 fully saturated rings. The quantitative estimate of drug-likeness (QED) is 0.725. The summed E-state index contributed by atoms with van der Waals surface area (Å²) < 4.78 is 10.3. The van der Waals surface area contributed by atoms with E-state index in [9.17, 15) is 9.59 Å². The number of hydrogen-bond acceptors (Lipinski definition) is 5. The number of nitrogens with one attached hydrogen (secondary N) is 1. The number of halogens is 1. The second-order valence-corrected chi connectivity index (χ2v) is 5.76. The van der Waals surface area contributed by atoms with Crippen molar-refractivity contribution in [2.24, 2.45) is 11.7 Å². The van der Waals surface area contributed by atoms with Crippen LogP contribution in [-0.4, -0.2) is 50.6 Å². The van der Waals surface area contributed by atoms with Gasteiger partial charge in [0.2, 0.25) is 11.8 Å². The van der Waals surface area contributed by atoms with Crippen LogP contribution in [0.2, 0.25) is 0 Å². The van der Waals surface area contributed by atoms with Gasteiger partial charge in [0, 0.05) is 30.9 Å². The van der Waals surface area contributed by atoms with Gasteiger partial charge >= 0.3 is 0 Å². The first-order chi connectivity index (χ1) is 11.3. The molecule has 1 aromatic carbocycles. The largest absolute Gasteiger partial charge is 0.497 e. The predicted molar refractivity (Wildman–Crippen MR) is 100 cm³/mol. The number of hydrogen-bond donors (Lipinski definition) is 2. The molecular formula is C17H28ClN3O4. The summed E-state index contributed by atoms with van der Waals surface area (Å²) in [4.78, 5) is 25.7. The Bertz CT molecular complexity index is 561. The van der Waals surface area contributed by atoms with Gasteiger partial charge in [-0.25, -0.2) is 0 Å². The van der Waals surface area contributed by atoms with Crippen LogP contribution in [0.25, 0.3) is 0 Å². The summed E-state index contributed by atoms with van der Waals surface area (Å²) in [6, 6.07) is 4.45. The Kier molecular flexibility index (Phi) is 9.93. The van der Waals surface area contributed by atoms with E-state index in [4.69, 9.17) is 15.2 Å². The molecule has 0 saturated heterocycles. The Balaban J connectivity index is 0.00000576. The molecule has 3 N–H and O–H groups in total. The van der Waals surface area contributed by atoms with E-state index in [2.05, 4.69) is 5.32 Å². The number of amides is 2. The highest BCUT2D eigenvalue weighted by atomic mass is 35.5. The Labute approximate surface area is 155 Å². The minimum absolute atomic E-state index is 0. The fraction of sp³-hybridized carbons (Fsp3) is 0.529. The van der Waals surface area contributed by atoms with Crippen molar-refractivity contribution in [1.82, 2.24) is 4.90 Å². The SMILES string of the molecule is CCC(C)C(N)C(=O)N(C)CC(=O)Nc1cc(OC)cc(OC)c1.Cl. The Hall–Kier alpha value is -1.99. The zero-order valence-electron chi connectivity index (χ0n) is 15.4. The molecule has 8 heteroatoms. The third-order valence-electron chi connectivity index (χ3n) is 3.93. The minimum Gasteiger partial charge on any atom is -0.497 e. The lowest BCUT2D eigenvalue weighted by Gasteiger charge is -2.24. The van der Waals surface area contributed by atoms with Gasteiger partial charge in [-0.05, 0) is 5.92 Å². The lowest BCUT2D eigenvalue weighted by molar-refractivity contribution is -0.135. The molecule has 0 spiro atoms. The maximum Gasteiger partial charge on any atom is 0.243 e. The van der Waals surface area contributed by atoms with E-state index < -0.39 is 6.04 Å². The normalized spacial score (nSPS) is 12.4. The minimum atomic E-state index is -0.607. The first kappa shape index (κ1) is 23.0. The molecule has 0 aliphatic carbocycles. The standard InChI is InChI=1S/C17H27N3O4.ClH/c1-6-11(2)16(18)17(22)20(3)10-15(21)19-12-7-13(23-4)9-14(8-12)24-5;/h7-9,11,16H,6,10,18H2,1-5H3,(H,19,21);1H. The molecule has 2 amide bonds. The fourth-order valence-corrected chi connectivity index (χ4v) is 2.13. The molecule has 0 saturated carbocycles. The van der Waals surface area contributed by atoms with E-state index in [0.29, 0.717) is 17.2 Å². The maximum absolute atomic E-state index is 12.2. The highest BCUT2D eigenvalue weighted by molar-refractivity contribution is 5.95. The summed E-state index contributed by atoms with van der Waals surface area (Å²) in [5.41, 5.74) is 6.45. The average molecular weight is 374 g/mol. The zero-order chi connectivity index (χ0) is 18.3. The number of nitrogens with two attached hydrogens (primary N) is 1. The maximum atomic E-state index is 12.2. The summed E-state index contributed by atoms with van der Waals surface area (Å²) in [7, 11) is 4.63. The molecule has 142 valence electrons. The summed E-state index contributed by atoms with van der Waals surface area (Å²) >= 11 is 0.